The molecule has 0 bridgehead atoms. The van der Waals surface area contributed by atoms with Crippen molar-refractivity contribution in [2.45, 2.75) is 20.1 Å². The largest absolute Gasteiger partial charge is 0.485 e. The first-order valence-electron chi connectivity index (χ1n) is 6.29. The van der Waals surface area contributed by atoms with Gasteiger partial charge in [0.15, 0.2) is 11.6 Å². The number of hydrogen-bond acceptors (Lipinski definition) is 3. The molecule has 0 fully saturated rings. The van der Waals surface area contributed by atoms with Crippen LogP contribution in [0.25, 0.3) is 0 Å². The monoisotopic (exact) mass is 263 g/mol. The second-order valence-corrected chi connectivity index (χ2v) is 4.32. The zero-order valence-electron chi connectivity index (χ0n) is 11.2. The molecule has 0 saturated carbocycles. The van der Waals surface area contributed by atoms with Crippen molar-refractivity contribution in [3.8, 4) is 5.75 Å². The van der Waals surface area contributed by atoms with E-state index in [0.717, 1.165) is 17.7 Å². The Bertz CT molecular complexity index is 539. The summed E-state index contributed by atoms with van der Waals surface area (Å²) in [6.07, 6.45) is 3.57. The van der Waals surface area contributed by atoms with Crippen molar-refractivity contribution in [3.63, 3.8) is 0 Å². The van der Waals surface area contributed by atoms with E-state index in [9.17, 15) is 4.39 Å². The van der Waals surface area contributed by atoms with Crippen LogP contribution >= 0.6 is 0 Å². The Morgan fingerprint density at radius 3 is 2.95 bits per heavy atom. The number of hydrogen-bond donors (Lipinski definition) is 1. The van der Waals surface area contributed by atoms with E-state index in [1.807, 2.05) is 26.2 Å². The van der Waals surface area contributed by atoms with E-state index in [1.165, 1.54) is 6.07 Å². The first-order valence-corrected chi connectivity index (χ1v) is 6.29. The van der Waals surface area contributed by atoms with Crippen molar-refractivity contribution in [3.05, 3.63) is 47.5 Å². The normalized spacial score (nSPS) is 10.7. The zero-order chi connectivity index (χ0) is 13.7. The van der Waals surface area contributed by atoms with Crippen LogP contribution in [0.5, 0.6) is 5.75 Å². The highest BCUT2D eigenvalue weighted by Gasteiger charge is 2.10. The fraction of sp³-hybridized carbons (Fsp3) is 0.357. The molecule has 4 nitrogen and oxygen atoms in total. The van der Waals surface area contributed by atoms with Crippen molar-refractivity contribution in [1.29, 1.82) is 0 Å². The molecule has 1 aromatic carbocycles. The van der Waals surface area contributed by atoms with E-state index < -0.39 is 0 Å². The minimum absolute atomic E-state index is 0.312. The van der Waals surface area contributed by atoms with Crippen LogP contribution in [0.4, 0.5) is 4.39 Å². The van der Waals surface area contributed by atoms with Crippen molar-refractivity contribution in [2.75, 3.05) is 6.54 Å². The van der Waals surface area contributed by atoms with E-state index in [2.05, 4.69) is 10.4 Å². The summed E-state index contributed by atoms with van der Waals surface area (Å²) < 4.78 is 21.1. The van der Waals surface area contributed by atoms with Crippen LogP contribution in [0.2, 0.25) is 0 Å². The topological polar surface area (TPSA) is 39.1 Å². The number of aromatic nitrogens is 2. The summed E-state index contributed by atoms with van der Waals surface area (Å²) in [6.45, 7) is 3.75. The van der Waals surface area contributed by atoms with Gasteiger partial charge >= 0.3 is 0 Å². The molecule has 2 aromatic rings. The Morgan fingerprint density at radius 2 is 2.26 bits per heavy atom. The predicted molar refractivity (Wildman–Crippen MR) is 71.3 cm³/mol. The van der Waals surface area contributed by atoms with Crippen LogP contribution in [0.15, 0.2) is 30.6 Å². The van der Waals surface area contributed by atoms with Crippen molar-refractivity contribution in [2.24, 2.45) is 7.05 Å². The third-order valence-electron chi connectivity index (χ3n) is 2.76. The molecule has 0 aliphatic heterocycles. The van der Waals surface area contributed by atoms with Gasteiger partial charge in [0.05, 0.1) is 6.20 Å². The molecule has 0 spiro atoms. The number of aryl methyl sites for hydroxylation is 1. The SMILES string of the molecule is CCNCc1cccc(F)c1OCc1cnn(C)c1. The summed E-state index contributed by atoms with van der Waals surface area (Å²) in [4.78, 5) is 0. The molecular weight excluding hydrogens is 245 g/mol. The maximum Gasteiger partial charge on any atom is 0.165 e. The number of ether oxygens (including phenoxy) is 1. The summed E-state index contributed by atoms with van der Waals surface area (Å²) >= 11 is 0. The third kappa shape index (κ3) is 3.54. The minimum atomic E-state index is -0.334. The molecule has 0 saturated heterocycles. The Morgan fingerprint density at radius 1 is 1.42 bits per heavy atom. The van der Waals surface area contributed by atoms with Gasteiger partial charge in [0.2, 0.25) is 0 Å². The maximum atomic E-state index is 13.8. The average molecular weight is 263 g/mol. The van der Waals surface area contributed by atoms with Gasteiger partial charge in [0, 0.05) is 30.9 Å². The molecule has 0 unspecified atom stereocenters. The van der Waals surface area contributed by atoms with Crippen LogP contribution in [0, 0.1) is 5.82 Å². The lowest BCUT2D eigenvalue weighted by Crippen LogP contribution is -2.13. The van der Waals surface area contributed by atoms with E-state index in [4.69, 9.17) is 4.74 Å². The van der Waals surface area contributed by atoms with Gasteiger partial charge in [-0.2, -0.15) is 5.10 Å². The van der Waals surface area contributed by atoms with Crippen LogP contribution in [-0.2, 0) is 20.2 Å². The molecule has 0 aliphatic carbocycles. The predicted octanol–water partition coefficient (Wildman–Crippen LogP) is 2.25. The van der Waals surface area contributed by atoms with Gasteiger partial charge in [0.1, 0.15) is 6.61 Å². The molecule has 1 aromatic heterocycles. The molecule has 5 heteroatoms. The molecule has 0 atom stereocenters. The summed E-state index contributed by atoms with van der Waals surface area (Å²) in [6, 6.07) is 4.97. The molecule has 0 aliphatic rings. The molecule has 1 heterocycles. The highest BCUT2D eigenvalue weighted by atomic mass is 19.1. The van der Waals surface area contributed by atoms with Crippen molar-refractivity contribution >= 4 is 0 Å². The standard InChI is InChI=1S/C14H18FN3O/c1-3-16-8-12-5-4-6-13(15)14(12)19-10-11-7-17-18(2)9-11/h4-7,9,16H,3,8,10H2,1-2H3. The fourth-order valence-electron chi connectivity index (χ4n) is 1.82. The van der Waals surface area contributed by atoms with Gasteiger partial charge in [-0.1, -0.05) is 19.1 Å². The number of nitrogens with zero attached hydrogens (tertiary/aromatic N) is 2. The third-order valence-corrected chi connectivity index (χ3v) is 2.76. The van der Waals surface area contributed by atoms with Gasteiger partial charge in [0.25, 0.3) is 0 Å². The van der Waals surface area contributed by atoms with E-state index in [0.29, 0.717) is 18.9 Å². The average Bonchev–Trinajstić information content (AvgIpc) is 2.81. The van der Waals surface area contributed by atoms with E-state index >= 15 is 0 Å². The minimum Gasteiger partial charge on any atom is -0.485 e. The van der Waals surface area contributed by atoms with Gasteiger partial charge < -0.3 is 10.1 Å². The summed E-state index contributed by atoms with van der Waals surface area (Å²) in [5.41, 5.74) is 1.74. The number of nitrogens with one attached hydrogen (secondary N) is 1. The number of rotatable bonds is 6. The lowest BCUT2D eigenvalue weighted by molar-refractivity contribution is 0.286. The highest BCUT2D eigenvalue weighted by molar-refractivity contribution is 5.35. The first-order chi connectivity index (χ1) is 9.20. The van der Waals surface area contributed by atoms with Gasteiger partial charge in [-0.15, -0.1) is 0 Å². The van der Waals surface area contributed by atoms with Crippen LogP contribution in [0.1, 0.15) is 18.1 Å². The summed E-state index contributed by atoms with van der Waals surface area (Å²) in [5.74, 6) is -0.0217. The summed E-state index contributed by atoms with van der Waals surface area (Å²) in [5, 5.41) is 7.23. The lowest BCUT2D eigenvalue weighted by Gasteiger charge is -2.12. The Balaban J connectivity index is 2.09. The van der Waals surface area contributed by atoms with Crippen LogP contribution < -0.4 is 10.1 Å². The summed E-state index contributed by atoms with van der Waals surface area (Å²) in [7, 11) is 1.84. The van der Waals surface area contributed by atoms with Crippen molar-refractivity contribution in [1.82, 2.24) is 15.1 Å². The van der Waals surface area contributed by atoms with Crippen molar-refractivity contribution < 1.29 is 9.13 Å². The molecule has 1 N–H and O–H groups in total. The molecular formula is C14H18FN3O. The smallest absolute Gasteiger partial charge is 0.165 e. The Hall–Kier alpha value is -1.88. The number of halogens is 1. The first kappa shape index (κ1) is 13.5. The number of benzene rings is 1. The molecule has 0 radical (unpaired) electrons. The van der Waals surface area contributed by atoms with Gasteiger partial charge in [-0.25, -0.2) is 4.39 Å². The van der Waals surface area contributed by atoms with E-state index in [1.54, 1.807) is 16.9 Å². The molecule has 102 valence electrons. The highest BCUT2D eigenvalue weighted by Crippen LogP contribution is 2.23. The van der Waals surface area contributed by atoms with Gasteiger partial charge in [-0.3, -0.25) is 4.68 Å². The van der Waals surface area contributed by atoms with Crippen LogP contribution in [-0.4, -0.2) is 16.3 Å². The van der Waals surface area contributed by atoms with E-state index in [-0.39, 0.29) is 5.82 Å². The van der Waals surface area contributed by atoms with Gasteiger partial charge in [-0.05, 0) is 12.6 Å². The molecule has 19 heavy (non-hydrogen) atoms. The quantitative estimate of drug-likeness (QED) is 0.868. The second-order valence-electron chi connectivity index (χ2n) is 4.32. The Labute approximate surface area is 112 Å². The fourth-order valence-corrected chi connectivity index (χ4v) is 1.82. The second kappa shape index (κ2) is 6.33. The molecule has 0 amide bonds. The molecule has 2 rings (SSSR count). The number of para-hydroxylation sites is 1. The zero-order valence-corrected chi connectivity index (χ0v) is 11.2. The van der Waals surface area contributed by atoms with Crippen LogP contribution in [0.3, 0.4) is 0 Å². The lowest BCUT2D eigenvalue weighted by atomic mass is 10.2. The maximum absolute atomic E-state index is 13.8. The Kier molecular flexibility index (Phi) is 4.52.